The summed E-state index contributed by atoms with van der Waals surface area (Å²) in [7, 11) is 0. The summed E-state index contributed by atoms with van der Waals surface area (Å²) in [5.41, 5.74) is 1.80. The zero-order valence-electron chi connectivity index (χ0n) is 15.4. The standard InChI is InChI=1S/C19H22N4O3S/c1-13-8-14(2)10-15(9-13)22(6-3-5-20)16(24)11-23-17(25)19(21-18(23)26)4-7-27-12-19/h8-10H,3-4,6-7,11-12H2,1-2H3,(H,21,26). The molecule has 1 unspecified atom stereocenters. The maximum atomic E-state index is 13.0. The number of anilines is 1. The molecule has 0 radical (unpaired) electrons. The molecule has 1 atom stereocenters. The summed E-state index contributed by atoms with van der Waals surface area (Å²) in [6.07, 6.45) is 0.752. The van der Waals surface area contributed by atoms with Gasteiger partial charge in [0.25, 0.3) is 5.91 Å². The van der Waals surface area contributed by atoms with E-state index in [2.05, 4.69) is 5.32 Å². The van der Waals surface area contributed by atoms with Crippen LogP contribution in [0.3, 0.4) is 0 Å². The minimum Gasteiger partial charge on any atom is -0.322 e. The quantitative estimate of drug-likeness (QED) is 0.781. The highest BCUT2D eigenvalue weighted by molar-refractivity contribution is 7.99. The molecular formula is C19H22N4O3S. The van der Waals surface area contributed by atoms with E-state index in [-0.39, 0.29) is 31.3 Å². The summed E-state index contributed by atoms with van der Waals surface area (Å²) < 4.78 is 0. The summed E-state index contributed by atoms with van der Waals surface area (Å²) >= 11 is 1.62. The van der Waals surface area contributed by atoms with E-state index in [1.165, 1.54) is 4.90 Å². The van der Waals surface area contributed by atoms with Gasteiger partial charge in [-0.05, 0) is 49.3 Å². The Balaban J connectivity index is 1.81. The van der Waals surface area contributed by atoms with E-state index in [1.807, 2.05) is 38.1 Å². The molecule has 0 bridgehead atoms. The smallest absolute Gasteiger partial charge is 0.322 e. The Kier molecular flexibility index (Phi) is 5.42. The number of thioether (sulfide) groups is 1. The van der Waals surface area contributed by atoms with E-state index in [0.717, 1.165) is 21.8 Å². The van der Waals surface area contributed by atoms with Gasteiger partial charge in [-0.3, -0.25) is 14.5 Å². The van der Waals surface area contributed by atoms with Gasteiger partial charge in [-0.25, -0.2) is 4.79 Å². The molecule has 2 aliphatic rings. The van der Waals surface area contributed by atoms with Gasteiger partial charge in [0.1, 0.15) is 12.1 Å². The first-order chi connectivity index (χ1) is 12.9. The highest BCUT2D eigenvalue weighted by Gasteiger charge is 2.53. The number of urea groups is 1. The van der Waals surface area contributed by atoms with Gasteiger partial charge >= 0.3 is 6.03 Å². The van der Waals surface area contributed by atoms with E-state index < -0.39 is 11.6 Å². The maximum Gasteiger partial charge on any atom is 0.325 e. The predicted molar refractivity (Wildman–Crippen MR) is 103 cm³/mol. The van der Waals surface area contributed by atoms with Crippen LogP contribution in [0.4, 0.5) is 10.5 Å². The van der Waals surface area contributed by atoms with Crippen molar-refractivity contribution >= 4 is 35.3 Å². The molecule has 142 valence electrons. The fraction of sp³-hybridized carbons (Fsp3) is 0.474. The van der Waals surface area contributed by atoms with E-state index in [9.17, 15) is 14.4 Å². The van der Waals surface area contributed by atoms with Crippen LogP contribution in [0.15, 0.2) is 18.2 Å². The number of hydrogen-bond acceptors (Lipinski definition) is 5. The van der Waals surface area contributed by atoms with Gasteiger partial charge in [0, 0.05) is 18.0 Å². The zero-order valence-corrected chi connectivity index (χ0v) is 16.3. The lowest BCUT2D eigenvalue weighted by Gasteiger charge is -2.25. The van der Waals surface area contributed by atoms with Gasteiger partial charge < -0.3 is 10.2 Å². The largest absolute Gasteiger partial charge is 0.325 e. The number of amides is 4. The van der Waals surface area contributed by atoms with Gasteiger partial charge in [-0.1, -0.05) is 6.07 Å². The molecule has 2 fully saturated rings. The average Bonchev–Trinajstić information content (AvgIpc) is 3.15. The second-order valence-electron chi connectivity index (χ2n) is 7.01. The number of hydrogen-bond donors (Lipinski definition) is 1. The first-order valence-corrected chi connectivity index (χ1v) is 9.99. The second-order valence-corrected chi connectivity index (χ2v) is 8.11. The lowest BCUT2D eigenvalue weighted by molar-refractivity contribution is -0.133. The average molecular weight is 386 g/mol. The molecule has 7 nitrogen and oxygen atoms in total. The van der Waals surface area contributed by atoms with Crippen molar-refractivity contribution in [3.8, 4) is 6.07 Å². The van der Waals surface area contributed by atoms with E-state index in [0.29, 0.717) is 17.9 Å². The van der Waals surface area contributed by atoms with Crippen molar-refractivity contribution < 1.29 is 14.4 Å². The number of rotatable bonds is 5. The monoisotopic (exact) mass is 386 g/mol. The second kappa shape index (κ2) is 7.61. The normalized spacial score (nSPS) is 21.4. The number of nitrogens with zero attached hydrogens (tertiary/aromatic N) is 3. The molecule has 1 aromatic rings. The van der Waals surface area contributed by atoms with Crippen molar-refractivity contribution in [3.63, 3.8) is 0 Å². The molecule has 3 rings (SSSR count). The fourth-order valence-electron chi connectivity index (χ4n) is 3.54. The summed E-state index contributed by atoms with van der Waals surface area (Å²) in [5.74, 6) is 0.648. The first-order valence-electron chi connectivity index (χ1n) is 8.84. The molecule has 0 aromatic heterocycles. The molecule has 27 heavy (non-hydrogen) atoms. The van der Waals surface area contributed by atoms with Crippen molar-refractivity contribution in [2.45, 2.75) is 32.2 Å². The summed E-state index contributed by atoms with van der Waals surface area (Å²) in [5, 5.41) is 11.7. The topological polar surface area (TPSA) is 93.5 Å². The van der Waals surface area contributed by atoms with Crippen molar-refractivity contribution in [1.82, 2.24) is 10.2 Å². The Labute approximate surface area is 162 Å². The van der Waals surface area contributed by atoms with Crippen molar-refractivity contribution in [3.05, 3.63) is 29.3 Å². The molecule has 1 aromatic carbocycles. The number of benzene rings is 1. The molecule has 8 heteroatoms. The molecular weight excluding hydrogens is 364 g/mol. The van der Waals surface area contributed by atoms with Gasteiger partial charge in [-0.15, -0.1) is 0 Å². The van der Waals surface area contributed by atoms with Gasteiger partial charge in [0.2, 0.25) is 5.91 Å². The number of carbonyl (C=O) groups is 3. The number of nitriles is 1. The molecule has 2 aliphatic heterocycles. The van der Waals surface area contributed by atoms with Crippen LogP contribution in [0.2, 0.25) is 0 Å². The highest BCUT2D eigenvalue weighted by atomic mass is 32.2. The SMILES string of the molecule is Cc1cc(C)cc(N(CCC#N)C(=O)CN2C(=O)NC3(CCSC3)C2=O)c1. The van der Waals surface area contributed by atoms with Crippen LogP contribution >= 0.6 is 11.8 Å². The van der Waals surface area contributed by atoms with Crippen molar-refractivity contribution in [2.24, 2.45) is 0 Å². The number of imide groups is 1. The van der Waals surface area contributed by atoms with Gasteiger partial charge in [0.05, 0.1) is 12.5 Å². The number of nitrogens with one attached hydrogen (secondary N) is 1. The summed E-state index contributed by atoms with van der Waals surface area (Å²) in [6, 6.07) is 7.25. The van der Waals surface area contributed by atoms with Crippen molar-refractivity contribution in [2.75, 3.05) is 29.5 Å². The third-order valence-corrected chi connectivity index (χ3v) is 6.02. The van der Waals surface area contributed by atoms with Crippen LogP contribution in [0.5, 0.6) is 0 Å². The highest BCUT2D eigenvalue weighted by Crippen LogP contribution is 2.33. The van der Waals surface area contributed by atoms with Gasteiger partial charge in [-0.2, -0.15) is 17.0 Å². The van der Waals surface area contributed by atoms with E-state index in [1.54, 1.807) is 11.8 Å². The van der Waals surface area contributed by atoms with E-state index >= 15 is 0 Å². The van der Waals surface area contributed by atoms with Crippen LogP contribution in [0.1, 0.15) is 24.0 Å². The molecule has 2 saturated heterocycles. The van der Waals surface area contributed by atoms with Gasteiger partial charge in [0.15, 0.2) is 0 Å². The van der Waals surface area contributed by atoms with E-state index in [4.69, 9.17) is 5.26 Å². The third-order valence-electron chi connectivity index (χ3n) is 4.83. The third kappa shape index (κ3) is 3.78. The Morgan fingerprint density at radius 1 is 1.33 bits per heavy atom. The first kappa shape index (κ1) is 19.2. The Hall–Kier alpha value is -2.53. The molecule has 4 amide bonds. The minimum absolute atomic E-state index is 0.166. The lowest BCUT2D eigenvalue weighted by atomic mass is 9.99. The number of aryl methyl sites for hydroxylation is 2. The molecule has 1 spiro atoms. The summed E-state index contributed by atoms with van der Waals surface area (Å²) in [4.78, 5) is 40.5. The predicted octanol–water partition coefficient (Wildman–Crippen LogP) is 1.98. The van der Waals surface area contributed by atoms with Crippen LogP contribution in [-0.4, -0.2) is 52.9 Å². The molecule has 2 heterocycles. The zero-order chi connectivity index (χ0) is 19.6. The molecule has 0 aliphatic carbocycles. The minimum atomic E-state index is -0.862. The fourth-order valence-corrected chi connectivity index (χ4v) is 4.86. The Bertz CT molecular complexity index is 806. The van der Waals surface area contributed by atoms with Crippen LogP contribution < -0.4 is 10.2 Å². The lowest BCUT2D eigenvalue weighted by Crippen LogP contribution is -2.48. The Morgan fingerprint density at radius 3 is 2.63 bits per heavy atom. The van der Waals surface area contributed by atoms with Crippen LogP contribution in [-0.2, 0) is 9.59 Å². The number of carbonyl (C=O) groups excluding carboxylic acids is 3. The van der Waals surface area contributed by atoms with Crippen molar-refractivity contribution in [1.29, 1.82) is 5.26 Å². The Morgan fingerprint density at radius 2 is 2.04 bits per heavy atom. The molecule has 0 saturated carbocycles. The van der Waals surface area contributed by atoms with Crippen LogP contribution in [0, 0.1) is 25.2 Å². The summed E-state index contributed by atoms with van der Waals surface area (Å²) in [6.45, 7) is 3.75. The van der Waals surface area contributed by atoms with Crippen LogP contribution in [0.25, 0.3) is 0 Å². The molecule has 1 N–H and O–H groups in total. The maximum absolute atomic E-state index is 13.0.